The van der Waals surface area contributed by atoms with Crippen molar-refractivity contribution in [3.63, 3.8) is 0 Å². The molecule has 3 aromatic rings. The molecule has 0 unspecified atom stereocenters. The summed E-state index contributed by atoms with van der Waals surface area (Å²) in [6, 6.07) is 13.9. The standard InChI is InChI=1S/C39H47N5O8S/c1-22-23(2)34(24(3)29-20-39(4,5)52-33(22)29)53(49,50)43-37(40)41-18-10-16-31(36(46)47)42-35(45)32-17-11-19-44(32)38(48)51-21-30-27-14-8-6-12-25(27)26-13-7-9-15-28(26)30/h6-9,12-15,30-32H,10-11,16-21H2,1-5H3,(H,42,45)(H,46,47)(H3,40,41,43)/t31-,32-/m0/s1. The van der Waals surface area contributed by atoms with Crippen molar-refractivity contribution in [1.82, 2.24) is 20.3 Å². The highest BCUT2D eigenvalue weighted by atomic mass is 32.2. The summed E-state index contributed by atoms with van der Waals surface area (Å²) in [5, 5.41) is 23.4. The van der Waals surface area contributed by atoms with E-state index in [0.717, 1.165) is 33.4 Å². The van der Waals surface area contributed by atoms with E-state index in [2.05, 4.69) is 15.4 Å². The predicted octanol–water partition coefficient (Wildman–Crippen LogP) is 4.89. The Morgan fingerprint density at radius 3 is 2.30 bits per heavy atom. The van der Waals surface area contributed by atoms with Gasteiger partial charge in [0.05, 0.1) is 4.90 Å². The predicted molar refractivity (Wildman–Crippen MR) is 199 cm³/mol. The van der Waals surface area contributed by atoms with Gasteiger partial charge in [-0.2, -0.15) is 0 Å². The third-order valence-electron chi connectivity index (χ3n) is 10.5. The maximum Gasteiger partial charge on any atom is 0.410 e. The van der Waals surface area contributed by atoms with Gasteiger partial charge in [0.25, 0.3) is 10.0 Å². The van der Waals surface area contributed by atoms with E-state index in [1.54, 1.807) is 13.8 Å². The molecule has 2 atom stereocenters. The first-order valence-corrected chi connectivity index (χ1v) is 19.4. The zero-order chi connectivity index (χ0) is 38.2. The molecule has 0 aromatic heterocycles. The summed E-state index contributed by atoms with van der Waals surface area (Å²) in [4.78, 5) is 40.2. The van der Waals surface area contributed by atoms with E-state index in [-0.39, 0.29) is 36.8 Å². The van der Waals surface area contributed by atoms with Crippen LogP contribution < -0.4 is 20.1 Å². The van der Waals surface area contributed by atoms with Gasteiger partial charge in [-0.15, -0.1) is 0 Å². The number of hydrogen-bond acceptors (Lipinski definition) is 8. The SMILES string of the molecule is Cc1c(C)c(S(=O)(=O)NC(=N)NCCC[C@H](NC(=O)[C@@H]2CCCN2C(=O)OCC2c3ccccc3-c3ccccc32)C(=O)O)c(C)c2c1OC(C)(C)C2. The molecule has 2 aliphatic heterocycles. The number of sulfonamides is 1. The molecule has 0 radical (unpaired) electrons. The zero-order valence-electron chi connectivity index (χ0n) is 30.7. The average Bonchev–Trinajstić information content (AvgIpc) is 3.81. The van der Waals surface area contributed by atoms with E-state index < -0.39 is 51.6 Å². The average molecular weight is 746 g/mol. The van der Waals surface area contributed by atoms with Gasteiger partial charge in [-0.25, -0.2) is 22.7 Å². The van der Waals surface area contributed by atoms with Gasteiger partial charge in [-0.3, -0.25) is 15.1 Å². The van der Waals surface area contributed by atoms with Crippen molar-refractivity contribution in [1.29, 1.82) is 5.41 Å². The number of ether oxygens (including phenoxy) is 2. The summed E-state index contributed by atoms with van der Waals surface area (Å²) >= 11 is 0. The Morgan fingerprint density at radius 2 is 1.66 bits per heavy atom. The van der Waals surface area contributed by atoms with Gasteiger partial charge in [-0.05, 0) is 99.2 Å². The second-order valence-corrected chi connectivity index (χ2v) is 16.3. The van der Waals surface area contributed by atoms with E-state index in [9.17, 15) is 27.9 Å². The van der Waals surface area contributed by atoms with Gasteiger partial charge in [0.2, 0.25) is 11.9 Å². The minimum Gasteiger partial charge on any atom is -0.487 e. The molecule has 1 saturated heterocycles. The maximum absolute atomic E-state index is 13.5. The lowest BCUT2D eigenvalue weighted by molar-refractivity contribution is -0.142. The maximum atomic E-state index is 13.5. The van der Waals surface area contributed by atoms with E-state index in [1.807, 2.05) is 69.3 Å². The summed E-state index contributed by atoms with van der Waals surface area (Å²) in [5.74, 6) is -1.72. The monoisotopic (exact) mass is 745 g/mol. The number of hydrogen-bond donors (Lipinski definition) is 5. The van der Waals surface area contributed by atoms with E-state index in [4.69, 9.17) is 14.9 Å². The van der Waals surface area contributed by atoms with Crippen LogP contribution in [-0.2, 0) is 30.8 Å². The molecule has 0 bridgehead atoms. The highest BCUT2D eigenvalue weighted by Gasteiger charge is 2.39. The van der Waals surface area contributed by atoms with Gasteiger partial charge >= 0.3 is 12.1 Å². The number of likely N-dealkylation sites (tertiary alicyclic amines) is 1. The number of aliphatic carboxylic acids is 1. The second kappa shape index (κ2) is 14.7. The number of nitrogens with one attached hydrogen (secondary N) is 4. The molecule has 2 heterocycles. The molecular formula is C39H47N5O8S. The van der Waals surface area contributed by atoms with Crippen molar-refractivity contribution in [2.75, 3.05) is 19.7 Å². The fourth-order valence-electron chi connectivity index (χ4n) is 7.85. The topological polar surface area (TPSA) is 187 Å². The van der Waals surface area contributed by atoms with Gasteiger partial charge < -0.3 is 25.2 Å². The smallest absolute Gasteiger partial charge is 0.410 e. The second-order valence-electron chi connectivity index (χ2n) is 14.7. The molecule has 0 saturated carbocycles. The number of amides is 2. The lowest BCUT2D eigenvalue weighted by Crippen LogP contribution is -2.51. The normalized spacial score (nSPS) is 17.6. The molecule has 1 aliphatic carbocycles. The summed E-state index contributed by atoms with van der Waals surface area (Å²) in [6.45, 7) is 9.66. The van der Waals surface area contributed by atoms with Crippen molar-refractivity contribution in [3.8, 4) is 16.9 Å². The van der Waals surface area contributed by atoms with Gasteiger partial charge in [0.1, 0.15) is 30.0 Å². The van der Waals surface area contributed by atoms with E-state index >= 15 is 0 Å². The molecule has 2 amide bonds. The number of rotatable bonds is 11. The first-order valence-electron chi connectivity index (χ1n) is 17.9. The number of carbonyl (C=O) groups is 3. The molecular weight excluding hydrogens is 699 g/mol. The molecule has 14 heteroatoms. The Kier molecular flexibility index (Phi) is 10.5. The minimum absolute atomic E-state index is 0.00376. The highest BCUT2D eigenvalue weighted by molar-refractivity contribution is 7.90. The fourth-order valence-corrected chi connectivity index (χ4v) is 9.37. The Bertz CT molecular complexity index is 2040. The van der Waals surface area contributed by atoms with Crippen LogP contribution in [0, 0.1) is 26.2 Å². The van der Waals surface area contributed by atoms with Crippen molar-refractivity contribution in [2.24, 2.45) is 0 Å². The molecule has 0 spiro atoms. The Labute approximate surface area is 310 Å². The first-order chi connectivity index (χ1) is 25.1. The number of guanidine groups is 1. The summed E-state index contributed by atoms with van der Waals surface area (Å²) in [6.07, 6.45) is 1.07. The molecule has 1 fully saturated rings. The highest BCUT2D eigenvalue weighted by Crippen LogP contribution is 2.45. The van der Waals surface area contributed by atoms with Gasteiger partial charge in [-0.1, -0.05) is 48.5 Å². The van der Waals surface area contributed by atoms with Crippen molar-refractivity contribution in [2.45, 2.75) is 95.2 Å². The Balaban J connectivity index is 0.999. The number of fused-ring (bicyclic) bond motifs is 4. The Morgan fingerprint density at radius 1 is 1.02 bits per heavy atom. The van der Waals surface area contributed by atoms with Crippen LogP contribution in [0.2, 0.25) is 0 Å². The lowest BCUT2D eigenvalue weighted by Gasteiger charge is -2.26. The Hall–Kier alpha value is -5.11. The zero-order valence-corrected chi connectivity index (χ0v) is 31.5. The molecule has 5 N–H and O–H groups in total. The molecule has 6 rings (SSSR count). The van der Waals surface area contributed by atoms with Crippen molar-refractivity contribution >= 4 is 34.0 Å². The fraction of sp³-hybridized carbons (Fsp3) is 0.436. The van der Waals surface area contributed by atoms with Crippen LogP contribution in [0.15, 0.2) is 53.4 Å². The largest absolute Gasteiger partial charge is 0.487 e. The van der Waals surface area contributed by atoms with Gasteiger partial charge in [0, 0.05) is 31.0 Å². The number of carboxylic acids is 1. The molecule has 53 heavy (non-hydrogen) atoms. The third kappa shape index (κ3) is 7.55. The molecule has 3 aromatic carbocycles. The summed E-state index contributed by atoms with van der Waals surface area (Å²) < 4.78 is 41.1. The quantitative estimate of drug-likeness (QED) is 0.104. The number of nitrogens with zero attached hydrogens (tertiary/aromatic N) is 1. The van der Waals surface area contributed by atoms with Crippen LogP contribution in [0.1, 0.15) is 78.8 Å². The van der Waals surface area contributed by atoms with Crippen LogP contribution in [0.5, 0.6) is 5.75 Å². The van der Waals surface area contributed by atoms with Crippen LogP contribution >= 0.6 is 0 Å². The third-order valence-corrected chi connectivity index (χ3v) is 12.1. The number of benzene rings is 3. The first kappa shape index (κ1) is 37.6. The summed E-state index contributed by atoms with van der Waals surface area (Å²) in [5.41, 5.74) is 6.57. The van der Waals surface area contributed by atoms with Crippen LogP contribution in [-0.4, -0.2) is 79.7 Å². The van der Waals surface area contributed by atoms with E-state index in [1.165, 1.54) is 4.90 Å². The summed E-state index contributed by atoms with van der Waals surface area (Å²) in [7, 11) is -4.13. The van der Waals surface area contributed by atoms with Crippen molar-refractivity contribution < 1.29 is 37.4 Å². The number of carboxylic acid groups (broad SMARTS) is 1. The van der Waals surface area contributed by atoms with E-state index in [0.29, 0.717) is 42.7 Å². The molecule has 13 nitrogen and oxygen atoms in total. The minimum atomic E-state index is -4.13. The lowest BCUT2D eigenvalue weighted by atomic mass is 9.94. The number of carbonyl (C=O) groups excluding carboxylic acids is 2. The molecule has 3 aliphatic rings. The molecule has 282 valence electrons. The van der Waals surface area contributed by atoms with Gasteiger partial charge in [0.15, 0.2) is 0 Å². The van der Waals surface area contributed by atoms with Crippen molar-refractivity contribution in [3.05, 3.63) is 81.9 Å². The van der Waals surface area contributed by atoms with Crippen LogP contribution in [0.3, 0.4) is 0 Å². The van der Waals surface area contributed by atoms with Crippen LogP contribution in [0.25, 0.3) is 11.1 Å². The van der Waals surface area contributed by atoms with Crippen LogP contribution in [0.4, 0.5) is 4.79 Å².